The van der Waals surface area contributed by atoms with E-state index in [-0.39, 0.29) is 0 Å². The summed E-state index contributed by atoms with van der Waals surface area (Å²) in [7, 11) is 2.03. The van der Waals surface area contributed by atoms with Crippen LogP contribution in [-0.4, -0.2) is 25.5 Å². The van der Waals surface area contributed by atoms with Crippen molar-refractivity contribution < 1.29 is 4.79 Å². The van der Waals surface area contributed by atoms with Gasteiger partial charge in [-0.1, -0.05) is 18.0 Å². The Labute approximate surface area is 118 Å². The van der Waals surface area contributed by atoms with Gasteiger partial charge in [0.1, 0.15) is 0 Å². The van der Waals surface area contributed by atoms with Gasteiger partial charge < -0.3 is 16.4 Å². The Hall–Kier alpha value is -1.26. The first-order valence-corrected chi connectivity index (χ1v) is 6.94. The van der Waals surface area contributed by atoms with Gasteiger partial charge in [0.2, 0.25) is 5.91 Å². The fourth-order valence-corrected chi connectivity index (χ4v) is 3.24. The summed E-state index contributed by atoms with van der Waals surface area (Å²) in [6.07, 6.45) is 3.50. The first kappa shape index (κ1) is 14.2. The Morgan fingerprint density at radius 3 is 2.79 bits per heavy atom. The predicted molar refractivity (Wildman–Crippen MR) is 78.6 cm³/mol. The van der Waals surface area contributed by atoms with Crippen LogP contribution in [0.4, 0.5) is 5.69 Å². The van der Waals surface area contributed by atoms with Gasteiger partial charge in [0.25, 0.3) is 0 Å². The summed E-state index contributed by atoms with van der Waals surface area (Å²) >= 11 is 6.26. The number of primary amides is 1. The molecule has 0 aromatic heterocycles. The largest absolute Gasteiger partial charge is 0.370 e. The second-order valence-corrected chi connectivity index (χ2v) is 5.54. The van der Waals surface area contributed by atoms with Crippen LogP contribution in [0.15, 0.2) is 18.2 Å². The molecule has 1 aliphatic carbocycles. The van der Waals surface area contributed by atoms with Crippen LogP contribution in [0.3, 0.4) is 0 Å². The molecule has 2 unspecified atom stereocenters. The zero-order chi connectivity index (χ0) is 14.0. The summed E-state index contributed by atoms with van der Waals surface area (Å²) in [5, 5.41) is 0.557. The molecule has 104 valence electrons. The van der Waals surface area contributed by atoms with Crippen LogP contribution in [0.1, 0.15) is 29.6 Å². The lowest BCUT2D eigenvalue weighted by Crippen LogP contribution is -2.37. The highest BCUT2D eigenvalue weighted by Gasteiger charge is 2.30. The van der Waals surface area contributed by atoms with E-state index in [0.29, 0.717) is 29.1 Å². The van der Waals surface area contributed by atoms with Crippen molar-refractivity contribution in [2.75, 3.05) is 18.5 Å². The monoisotopic (exact) mass is 281 g/mol. The molecule has 19 heavy (non-hydrogen) atoms. The third-order valence-corrected chi connectivity index (χ3v) is 4.33. The van der Waals surface area contributed by atoms with E-state index in [4.69, 9.17) is 23.1 Å². The molecule has 0 radical (unpaired) electrons. The van der Waals surface area contributed by atoms with Crippen LogP contribution < -0.4 is 16.4 Å². The molecule has 0 bridgehead atoms. The quantitative estimate of drug-likeness (QED) is 0.887. The molecule has 1 fully saturated rings. The molecule has 0 aliphatic heterocycles. The molecule has 1 aromatic carbocycles. The first-order valence-electron chi connectivity index (χ1n) is 6.57. The average molecular weight is 282 g/mol. The number of nitrogens with two attached hydrogens (primary N) is 2. The predicted octanol–water partition coefficient (Wildman–Crippen LogP) is 2.00. The number of hydrogen-bond donors (Lipinski definition) is 2. The highest BCUT2D eigenvalue weighted by Crippen LogP contribution is 2.35. The van der Waals surface area contributed by atoms with Crippen molar-refractivity contribution in [2.45, 2.75) is 25.3 Å². The molecule has 4 nitrogen and oxygen atoms in total. The number of rotatable bonds is 4. The molecule has 1 aliphatic rings. The molecule has 0 saturated heterocycles. The maximum absolute atomic E-state index is 11.1. The van der Waals surface area contributed by atoms with Crippen molar-refractivity contribution in [1.29, 1.82) is 0 Å². The van der Waals surface area contributed by atoms with Gasteiger partial charge in [-0.25, -0.2) is 0 Å². The zero-order valence-corrected chi connectivity index (χ0v) is 11.9. The van der Waals surface area contributed by atoms with Gasteiger partial charge in [-0.05, 0) is 43.5 Å². The van der Waals surface area contributed by atoms with Crippen LogP contribution in [0.5, 0.6) is 0 Å². The minimum Gasteiger partial charge on any atom is -0.370 e. The lowest BCUT2D eigenvalue weighted by molar-refractivity contribution is 0.100. The van der Waals surface area contributed by atoms with E-state index in [0.717, 1.165) is 12.1 Å². The molecule has 4 N–H and O–H groups in total. The van der Waals surface area contributed by atoms with Crippen molar-refractivity contribution in [1.82, 2.24) is 0 Å². The minimum absolute atomic E-state index is 0.418. The fraction of sp³-hybridized carbons (Fsp3) is 0.500. The number of amides is 1. The van der Waals surface area contributed by atoms with Crippen molar-refractivity contribution in [3.63, 3.8) is 0 Å². The lowest BCUT2D eigenvalue weighted by Gasteiger charge is -2.31. The summed E-state index contributed by atoms with van der Waals surface area (Å²) < 4.78 is 0. The van der Waals surface area contributed by atoms with Crippen molar-refractivity contribution in [3.8, 4) is 0 Å². The van der Waals surface area contributed by atoms with Gasteiger partial charge in [-0.2, -0.15) is 0 Å². The Morgan fingerprint density at radius 2 is 2.21 bits per heavy atom. The van der Waals surface area contributed by atoms with E-state index in [1.54, 1.807) is 12.1 Å². The van der Waals surface area contributed by atoms with Crippen molar-refractivity contribution in [2.24, 2.45) is 17.4 Å². The number of hydrogen-bond acceptors (Lipinski definition) is 3. The van der Waals surface area contributed by atoms with Gasteiger partial charge in [0, 0.05) is 18.7 Å². The smallest absolute Gasteiger partial charge is 0.248 e. The van der Waals surface area contributed by atoms with Crippen LogP contribution in [0, 0.1) is 5.92 Å². The van der Waals surface area contributed by atoms with Crippen LogP contribution in [0.25, 0.3) is 0 Å². The number of benzene rings is 1. The molecule has 0 heterocycles. The second kappa shape index (κ2) is 5.80. The van der Waals surface area contributed by atoms with Gasteiger partial charge in [0.05, 0.1) is 10.7 Å². The van der Waals surface area contributed by atoms with Crippen LogP contribution in [-0.2, 0) is 0 Å². The fourth-order valence-electron chi connectivity index (χ4n) is 2.93. The van der Waals surface area contributed by atoms with Gasteiger partial charge >= 0.3 is 0 Å². The van der Waals surface area contributed by atoms with Crippen LogP contribution >= 0.6 is 11.6 Å². The lowest BCUT2D eigenvalue weighted by atomic mass is 10.0. The maximum Gasteiger partial charge on any atom is 0.248 e. The topological polar surface area (TPSA) is 72.3 Å². The number of nitrogens with zero attached hydrogens (tertiary/aromatic N) is 1. The summed E-state index contributed by atoms with van der Waals surface area (Å²) in [6.45, 7) is 0.700. The van der Waals surface area contributed by atoms with Crippen molar-refractivity contribution >= 4 is 23.2 Å². The standard InChI is InChI=1S/C14H20ClN3O/c1-18(12-4-2-3-10(12)8-16)13-6-5-9(14(17)19)7-11(13)15/h5-7,10,12H,2-4,8,16H2,1H3,(H2,17,19). The normalized spacial score (nSPS) is 22.5. The molecule has 1 aromatic rings. The number of carbonyl (C=O) groups excluding carboxylic acids is 1. The van der Waals surface area contributed by atoms with Crippen LogP contribution in [0.2, 0.25) is 5.02 Å². The minimum atomic E-state index is -0.461. The molecule has 2 rings (SSSR count). The van der Waals surface area contributed by atoms with E-state index in [1.165, 1.54) is 12.8 Å². The molecular formula is C14H20ClN3O. The Kier molecular flexibility index (Phi) is 4.32. The van der Waals surface area contributed by atoms with Crippen molar-refractivity contribution in [3.05, 3.63) is 28.8 Å². The van der Waals surface area contributed by atoms with E-state index < -0.39 is 5.91 Å². The van der Waals surface area contributed by atoms with E-state index in [9.17, 15) is 4.79 Å². The summed E-state index contributed by atoms with van der Waals surface area (Å²) in [4.78, 5) is 13.3. The number of anilines is 1. The summed E-state index contributed by atoms with van der Waals surface area (Å²) in [6, 6.07) is 5.62. The van der Waals surface area contributed by atoms with Gasteiger partial charge in [-0.15, -0.1) is 0 Å². The molecular weight excluding hydrogens is 262 g/mol. The molecule has 2 atom stereocenters. The van der Waals surface area contributed by atoms with E-state index in [2.05, 4.69) is 4.90 Å². The highest BCUT2D eigenvalue weighted by atomic mass is 35.5. The van der Waals surface area contributed by atoms with Gasteiger partial charge in [-0.3, -0.25) is 4.79 Å². The van der Waals surface area contributed by atoms with E-state index >= 15 is 0 Å². The zero-order valence-electron chi connectivity index (χ0n) is 11.1. The molecule has 1 saturated carbocycles. The first-order chi connectivity index (χ1) is 9.04. The Balaban J connectivity index is 2.24. The molecule has 5 heteroatoms. The Morgan fingerprint density at radius 1 is 1.47 bits per heavy atom. The second-order valence-electron chi connectivity index (χ2n) is 5.14. The average Bonchev–Trinajstić information content (AvgIpc) is 2.85. The molecule has 0 spiro atoms. The highest BCUT2D eigenvalue weighted by molar-refractivity contribution is 6.33. The number of halogens is 1. The van der Waals surface area contributed by atoms with E-state index in [1.807, 2.05) is 13.1 Å². The maximum atomic E-state index is 11.1. The SMILES string of the molecule is CN(c1ccc(C(N)=O)cc1Cl)C1CCCC1CN. The summed E-state index contributed by atoms with van der Waals surface area (Å²) in [5.74, 6) is 0.0497. The summed E-state index contributed by atoms with van der Waals surface area (Å²) in [5.41, 5.74) is 12.4. The third kappa shape index (κ3) is 2.85. The van der Waals surface area contributed by atoms with Gasteiger partial charge in [0.15, 0.2) is 0 Å². The number of carbonyl (C=O) groups is 1. The molecule has 1 amide bonds. The Bertz CT molecular complexity index is 478. The third-order valence-electron chi connectivity index (χ3n) is 4.03.